The third-order valence-corrected chi connectivity index (χ3v) is 5.56. The molecule has 3 N–H and O–H groups in total. The predicted octanol–water partition coefficient (Wildman–Crippen LogP) is 1.78. The molecule has 0 saturated carbocycles. The summed E-state index contributed by atoms with van der Waals surface area (Å²) in [6.07, 6.45) is 3.56. The van der Waals surface area contributed by atoms with Gasteiger partial charge in [0.05, 0.1) is 0 Å². The average Bonchev–Trinajstić information content (AvgIpc) is 2.75. The minimum atomic E-state index is -1.17. The zero-order chi connectivity index (χ0) is 23.4. The van der Waals surface area contributed by atoms with E-state index in [0.717, 1.165) is 42.2 Å². The van der Waals surface area contributed by atoms with Gasteiger partial charge in [-0.1, -0.05) is 13.8 Å². The quantitative estimate of drug-likeness (QED) is 0.528. The van der Waals surface area contributed by atoms with E-state index in [2.05, 4.69) is 10.6 Å². The highest BCUT2D eigenvalue weighted by Crippen LogP contribution is 2.29. The number of fused-ring (bicyclic) bond motifs is 3. The van der Waals surface area contributed by atoms with E-state index >= 15 is 0 Å². The van der Waals surface area contributed by atoms with Gasteiger partial charge in [0.25, 0.3) is 5.91 Å². The van der Waals surface area contributed by atoms with Crippen molar-refractivity contribution in [1.82, 2.24) is 10.6 Å². The van der Waals surface area contributed by atoms with Gasteiger partial charge < -0.3 is 24.9 Å². The van der Waals surface area contributed by atoms with Gasteiger partial charge in [0, 0.05) is 17.0 Å². The first kappa shape index (κ1) is 23.3. The lowest BCUT2D eigenvalue weighted by molar-refractivity contribution is -0.142. The van der Waals surface area contributed by atoms with Gasteiger partial charge in [0.2, 0.25) is 5.91 Å². The third kappa shape index (κ3) is 5.27. The van der Waals surface area contributed by atoms with E-state index in [9.17, 15) is 19.2 Å². The van der Waals surface area contributed by atoms with Crippen molar-refractivity contribution in [2.24, 2.45) is 5.92 Å². The molecule has 0 bridgehead atoms. The topological polar surface area (TPSA) is 135 Å². The Morgan fingerprint density at radius 2 is 1.78 bits per heavy atom. The summed E-state index contributed by atoms with van der Waals surface area (Å²) in [4.78, 5) is 47.9. The number of carbonyl (C=O) groups excluding carboxylic acids is 2. The first-order chi connectivity index (χ1) is 15.2. The number of amides is 2. The smallest absolute Gasteiger partial charge is 0.339 e. The number of carboxylic acid groups (broad SMARTS) is 1. The van der Waals surface area contributed by atoms with Crippen LogP contribution in [0.25, 0.3) is 11.0 Å². The van der Waals surface area contributed by atoms with Crippen molar-refractivity contribution in [3.8, 4) is 5.75 Å². The second-order valence-corrected chi connectivity index (χ2v) is 8.36. The van der Waals surface area contributed by atoms with E-state index in [1.54, 1.807) is 26.0 Å². The molecule has 2 atom stereocenters. The maximum atomic E-state index is 12.4. The van der Waals surface area contributed by atoms with Gasteiger partial charge in [-0.05, 0) is 56.2 Å². The summed E-state index contributed by atoms with van der Waals surface area (Å²) in [7, 11) is 0. The van der Waals surface area contributed by atoms with E-state index in [1.165, 1.54) is 6.92 Å². The van der Waals surface area contributed by atoms with E-state index < -0.39 is 29.9 Å². The SMILES string of the molecule is CC(C)[C@H](NC(=O)COc1ccc2c3c(c(=O)oc2c1)CCCC3)C(=O)N[C@H](C)C(=O)O. The minimum absolute atomic E-state index is 0.263. The summed E-state index contributed by atoms with van der Waals surface area (Å²) in [5, 5.41) is 14.8. The highest BCUT2D eigenvalue weighted by atomic mass is 16.5. The van der Waals surface area contributed by atoms with Crippen LogP contribution in [-0.4, -0.2) is 41.6 Å². The molecule has 1 aliphatic rings. The highest BCUT2D eigenvalue weighted by molar-refractivity contribution is 5.91. The molecule has 0 aliphatic heterocycles. The van der Waals surface area contributed by atoms with Crippen LogP contribution in [0, 0.1) is 5.92 Å². The summed E-state index contributed by atoms with van der Waals surface area (Å²) < 4.78 is 11.0. The van der Waals surface area contributed by atoms with E-state index in [4.69, 9.17) is 14.3 Å². The van der Waals surface area contributed by atoms with Gasteiger partial charge in [-0.15, -0.1) is 0 Å². The second-order valence-electron chi connectivity index (χ2n) is 8.36. The van der Waals surface area contributed by atoms with Crippen molar-refractivity contribution in [3.63, 3.8) is 0 Å². The first-order valence-electron chi connectivity index (χ1n) is 10.7. The summed E-state index contributed by atoms with van der Waals surface area (Å²) in [6.45, 7) is 4.47. The van der Waals surface area contributed by atoms with Crippen LogP contribution in [-0.2, 0) is 27.2 Å². The highest BCUT2D eigenvalue weighted by Gasteiger charge is 2.27. The Balaban J connectivity index is 1.66. The van der Waals surface area contributed by atoms with E-state index in [0.29, 0.717) is 11.3 Å². The zero-order valence-electron chi connectivity index (χ0n) is 18.4. The molecule has 1 aliphatic carbocycles. The van der Waals surface area contributed by atoms with Gasteiger partial charge in [0.15, 0.2) is 6.61 Å². The van der Waals surface area contributed by atoms with Crippen LogP contribution in [0.5, 0.6) is 5.75 Å². The molecule has 0 unspecified atom stereocenters. The van der Waals surface area contributed by atoms with Crippen molar-refractivity contribution in [3.05, 3.63) is 39.7 Å². The number of aliphatic carboxylic acids is 1. The number of benzene rings is 1. The van der Waals surface area contributed by atoms with Crippen LogP contribution >= 0.6 is 0 Å². The maximum absolute atomic E-state index is 12.4. The van der Waals surface area contributed by atoms with Gasteiger partial charge >= 0.3 is 11.6 Å². The fourth-order valence-electron chi connectivity index (χ4n) is 3.78. The number of carbonyl (C=O) groups is 3. The number of ether oxygens (including phenoxy) is 1. The molecule has 0 saturated heterocycles. The van der Waals surface area contributed by atoms with Crippen molar-refractivity contribution in [2.45, 2.75) is 58.5 Å². The fourth-order valence-corrected chi connectivity index (χ4v) is 3.78. The molecule has 32 heavy (non-hydrogen) atoms. The summed E-state index contributed by atoms with van der Waals surface area (Å²) in [5.74, 6) is -2.19. The molecule has 1 aromatic heterocycles. The average molecular weight is 444 g/mol. The number of hydrogen-bond donors (Lipinski definition) is 3. The lowest BCUT2D eigenvalue weighted by Crippen LogP contribution is -2.53. The lowest BCUT2D eigenvalue weighted by Gasteiger charge is -2.23. The van der Waals surface area contributed by atoms with Crippen molar-refractivity contribution >= 4 is 28.8 Å². The Labute approximate surface area is 185 Å². The largest absolute Gasteiger partial charge is 0.484 e. The van der Waals surface area contributed by atoms with Crippen LogP contribution in [0.4, 0.5) is 0 Å². The molecule has 2 aromatic rings. The van der Waals surface area contributed by atoms with Crippen molar-refractivity contribution < 1.29 is 28.6 Å². The van der Waals surface area contributed by atoms with Crippen LogP contribution in [0.1, 0.15) is 44.7 Å². The molecular formula is C23H28N2O7. The summed E-state index contributed by atoms with van der Waals surface area (Å²) in [5.41, 5.74) is 1.85. The number of nitrogens with one attached hydrogen (secondary N) is 2. The second kappa shape index (κ2) is 9.84. The van der Waals surface area contributed by atoms with Gasteiger partial charge in [-0.3, -0.25) is 14.4 Å². The molecule has 1 heterocycles. The van der Waals surface area contributed by atoms with Crippen molar-refractivity contribution in [2.75, 3.05) is 6.61 Å². The molecule has 0 spiro atoms. The zero-order valence-corrected chi connectivity index (χ0v) is 18.4. The molecule has 0 fully saturated rings. The molecular weight excluding hydrogens is 416 g/mol. The number of rotatable bonds is 8. The normalized spacial score (nSPS) is 15.0. The van der Waals surface area contributed by atoms with E-state index in [1.807, 2.05) is 6.07 Å². The minimum Gasteiger partial charge on any atom is -0.484 e. The molecule has 9 heteroatoms. The Morgan fingerprint density at radius 1 is 1.09 bits per heavy atom. The number of carboxylic acids is 1. The fraction of sp³-hybridized carbons (Fsp3) is 0.478. The molecule has 9 nitrogen and oxygen atoms in total. The van der Waals surface area contributed by atoms with Gasteiger partial charge in [-0.2, -0.15) is 0 Å². The molecule has 3 rings (SSSR count). The molecule has 2 amide bonds. The molecule has 0 radical (unpaired) electrons. The molecule has 172 valence electrons. The van der Waals surface area contributed by atoms with Crippen LogP contribution in [0.3, 0.4) is 0 Å². The van der Waals surface area contributed by atoms with Gasteiger partial charge in [0.1, 0.15) is 23.4 Å². The predicted molar refractivity (Wildman–Crippen MR) is 117 cm³/mol. The summed E-state index contributed by atoms with van der Waals surface area (Å²) >= 11 is 0. The number of aryl methyl sites for hydroxylation is 1. The summed E-state index contributed by atoms with van der Waals surface area (Å²) in [6, 6.07) is 3.14. The Hall–Kier alpha value is -3.36. The molecule has 1 aromatic carbocycles. The van der Waals surface area contributed by atoms with Crippen LogP contribution in [0.15, 0.2) is 27.4 Å². The lowest BCUT2D eigenvalue weighted by atomic mass is 9.91. The van der Waals surface area contributed by atoms with E-state index in [-0.39, 0.29) is 18.2 Å². The van der Waals surface area contributed by atoms with Crippen molar-refractivity contribution in [1.29, 1.82) is 0 Å². The van der Waals surface area contributed by atoms with Gasteiger partial charge in [-0.25, -0.2) is 4.79 Å². The first-order valence-corrected chi connectivity index (χ1v) is 10.7. The monoisotopic (exact) mass is 444 g/mol. The third-order valence-electron chi connectivity index (χ3n) is 5.56. The Morgan fingerprint density at radius 3 is 2.44 bits per heavy atom. The maximum Gasteiger partial charge on any atom is 0.339 e. The van der Waals surface area contributed by atoms with Crippen LogP contribution < -0.4 is 21.0 Å². The van der Waals surface area contributed by atoms with Crippen LogP contribution in [0.2, 0.25) is 0 Å². The standard InChI is InChI=1S/C23H28N2O7/c1-12(2)20(21(27)24-13(3)22(28)29)25-19(26)11-31-14-8-9-16-15-6-4-5-7-17(15)23(30)32-18(16)10-14/h8-10,12-13,20H,4-7,11H2,1-3H3,(H,24,27)(H,25,26)(H,28,29)/t13-,20+/m1/s1. The Bertz CT molecular complexity index is 1090. The Kier molecular flexibility index (Phi) is 7.17. The number of hydrogen-bond acceptors (Lipinski definition) is 6.